The molecule has 0 spiro atoms. The molecular formula is C23H22FN5O3. The standard InChI is InChI=1S/C23H22FN5O3/c1-3-32-22(31)20-15(2)28(13-19(30)27-18-12-8-7-11-17(18)24)23-25-14-26-29(23)21(20)16-9-5-4-6-10-16/h4-12,14,21H,3,13H2,1-2H3,(H,27,30)/t21-/m1/s1. The number of allylic oxidation sites excluding steroid dienone is 1. The number of carbonyl (C=O) groups is 2. The van der Waals surface area contributed by atoms with Crippen LogP contribution in [0.4, 0.5) is 16.0 Å². The lowest BCUT2D eigenvalue weighted by atomic mass is 9.95. The Labute approximate surface area is 184 Å². The molecule has 1 N–H and O–H groups in total. The maximum Gasteiger partial charge on any atom is 0.338 e. The van der Waals surface area contributed by atoms with Crippen LogP contribution in [-0.4, -0.2) is 39.8 Å². The van der Waals surface area contributed by atoms with Gasteiger partial charge in [-0.3, -0.25) is 4.79 Å². The van der Waals surface area contributed by atoms with Gasteiger partial charge in [0.15, 0.2) is 0 Å². The van der Waals surface area contributed by atoms with Gasteiger partial charge >= 0.3 is 5.97 Å². The van der Waals surface area contributed by atoms with E-state index in [0.717, 1.165) is 5.56 Å². The molecule has 8 nitrogen and oxygen atoms in total. The van der Waals surface area contributed by atoms with Crippen LogP contribution >= 0.6 is 0 Å². The van der Waals surface area contributed by atoms with Crippen LogP contribution in [0.1, 0.15) is 25.5 Å². The summed E-state index contributed by atoms with van der Waals surface area (Å²) in [5.41, 5.74) is 1.78. The Morgan fingerprint density at radius 2 is 1.84 bits per heavy atom. The Bertz CT molecular complexity index is 1180. The SMILES string of the molecule is CCOC(=O)C1=C(C)N(CC(=O)Nc2ccccc2F)c2ncnn2[C@@H]1c1ccccc1. The largest absolute Gasteiger partial charge is 0.463 e. The molecule has 0 saturated carbocycles. The predicted molar refractivity (Wildman–Crippen MR) is 116 cm³/mol. The van der Waals surface area contributed by atoms with Crippen LogP contribution in [0.2, 0.25) is 0 Å². The number of carbonyl (C=O) groups excluding carboxylic acids is 2. The van der Waals surface area contributed by atoms with E-state index in [1.807, 2.05) is 30.3 Å². The van der Waals surface area contributed by atoms with E-state index in [9.17, 15) is 14.0 Å². The van der Waals surface area contributed by atoms with Crippen molar-refractivity contribution in [2.45, 2.75) is 19.9 Å². The lowest BCUT2D eigenvalue weighted by Gasteiger charge is -2.35. The summed E-state index contributed by atoms with van der Waals surface area (Å²) >= 11 is 0. The van der Waals surface area contributed by atoms with E-state index in [1.165, 1.54) is 18.5 Å². The third kappa shape index (κ3) is 3.96. The van der Waals surface area contributed by atoms with Gasteiger partial charge in [-0.15, -0.1) is 0 Å². The van der Waals surface area contributed by atoms with Gasteiger partial charge in [-0.1, -0.05) is 42.5 Å². The Morgan fingerprint density at radius 3 is 2.56 bits per heavy atom. The second kappa shape index (κ2) is 9.01. The highest BCUT2D eigenvalue weighted by Gasteiger charge is 2.38. The van der Waals surface area contributed by atoms with E-state index in [0.29, 0.717) is 17.2 Å². The number of para-hydroxylation sites is 1. The van der Waals surface area contributed by atoms with Crippen LogP contribution < -0.4 is 10.2 Å². The van der Waals surface area contributed by atoms with Crippen molar-refractivity contribution in [2.24, 2.45) is 0 Å². The van der Waals surface area contributed by atoms with E-state index in [1.54, 1.807) is 35.6 Å². The molecule has 1 amide bonds. The first kappa shape index (κ1) is 21.2. The van der Waals surface area contributed by atoms with Crippen molar-refractivity contribution < 1.29 is 18.7 Å². The number of esters is 1. The molecule has 32 heavy (non-hydrogen) atoms. The average molecular weight is 435 g/mol. The highest BCUT2D eigenvalue weighted by atomic mass is 19.1. The molecule has 3 aromatic rings. The lowest BCUT2D eigenvalue weighted by Crippen LogP contribution is -2.41. The van der Waals surface area contributed by atoms with Gasteiger partial charge in [0.05, 0.1) is 17.9 Å². The molecule has 0 radical (unpaired) electrons. The molecule has 9 heteroatoms. The van der Waals surface area contributed by atoms with Gasteiger partial charge in [0.2, 0.25) is 11.9 Å². The third-order valence-electron chi connectivity index (χ3n) is 5.17. The first-order valence-electron chi connectivity index (χ1n) is 10.2. The average Bonchev–Trinajstić information content (AvgIpc) is 3.27. The molecule has 0 fully saturated rings. The van der Waals surface area contributed by atoms with Gasteiger partial charge < -0.3 is 15.0 Å². The van der Waals surface area contributed by atoms with Gasteiger partial charge in [-0.2, -0.15) is 10.1 Å². The topological polar surface area (TPSA) is 89.3 Å². The maximum absolute atomic E-state index is 14.0. The minimum atomic E-state index is -0.557. The number of benzene rings is 2. The molecule has 0 aliphatic carbocycles. The van der Waals surface area contributed by atoms with E-state index >= 15 is 0 Å². The third-order valence-corrected chi connectivity index (χ3v) is 5.17. The highest BCUT2D eigenvalue weighted by molar-refractivity contribution is 5.96. The van der Waals surface area contributed by atoms with Crippen LogP contribution in [0.3, 0.4) is 0 Å². The summed E-state index contributed by atoms with van der Waals surface area (Å²) in [6, 6.07) is 14.8. The van der Waals surface area contributed by atoms with Crippen molar-refractivity contribution in [3.05, 3.63) is 83.6 Å². The number of ether oxygens (including phenoxy) is 1. The fourth-order valence-corrected chi connectivity index (χ4v) is 3.73. The monoisotopic (exact) mass is 435 g/mol. The summed E-state index contributed by atoms with van der Waals surface area (Å²) < 4.78 is 20.9. The number of fused-ring (bicyclic) bond motifs is 1. The molecule has 1 atom stereocenters. The van der Waals surface area contributed by atoms with E-state index in [2.05, 4.69) is 15.4 Å². The van der Waals surface area contributed by atoms with Crippen molar-refractivity contribution in [3.63, 3.8) is 0 Å². The number of hydrogen-bond donors (Lipinski definition) is 1. The van der Waals surface area contributed by atoms with E-state index in [-0.39, 0.29) is 18.8 Å². The highest BCUT2D eigenvalue weighted by Crippen LogP contribution is 2.38. The second-order valence-electron chi connectivity index (χ2n) is 7.15. The Hall–Kier alpha value is -4.01. The molecule has 2 heterocycles. The second-order valence-corrected chi connectivity index (χ2v) is 7.15. The number of nitrogens with one attached hydrogen (secondary N) is 1. The van der Waals surface area contributed by atoms with Crippen LogP contribution in [0.5, 0.6) is 0 Å². The van der Waals surface area contributed by atoms with E-state index in [4.69, 9.17) is 4.74 Å². The van der Waals surface area contributed by atoms with Gasteiger partial charge in [-0.05, 0) is 31.5 Å². The minimum Gasteiger partial charge on any atom is -0.463 e. The quantitative estimate of drug-likeness (QED) is 0.598. The van der Waals surface area contributed by atoms with Crippen LogP contribution in [0, 0.1) is 5.82 Å². The van der Waals surface area contributed by atoms with Gasteiger partial charge in [0.1, 0.15) is 24.7 Å². The van der Waals surface area contributed by atoms with Crippen LogP contribution in [0.25, 0.3) is 0 Å². The molecule has 0 bridgehead atoms. The Kier molecular flexibility index (Phi) is 5.98. The molecule has 2 aromatic carbocycles. The molecule has 4 rings (SSSR count). The van der Waals surface area contributed by atoms with Crippen molar-refractivity contribution >= 4 is 23.5 Å². The fourth-order valence-electron chi connectivity index (χ4n) is 3.73. The van der Waals surface area contributed by atoms with Gasteiger partial charge in [-0.25, -0.2) is 13.9 Å². The zero-order valence-corrected chi connectivity index (χ0v) is 17.7. The number of amides is 1. The van der Waals surface area contributed by atoms with Crippen molar-refractivity contribution in [3.8, 4) is 0 Å². The molecule has 1 aromatic heterocycles. The number of rotatable bonds is 6. The number of hydrogen-bond acceptors (Lipinski definition) is 6. The molecule has 164 valence electrons. The molecule has 1 aliphatic heterocycles. The zero-order valence-electron chi connectivity index (χ0n) is 17.7. The summed E-state index contributed by atoms with van der Waals surface area (Å²) in [7, 11) is 0. The lowest BCUT2D eigenvalue weighted by molar-refractivity contribution is -0.139. The van der Waals surface area contributed by atoms with Crippen molar-refractivity contribution in [1.82, 2.24) is 14.8 Å². The molecule has 0 unspecified atom stereocenters. The first-order valence-corrected chi connectivity index (χ1v) is 10.2. The maximum atomic E-state index is 14.0. The number of halogens is 1. The number of aromatic nitrogens is 3. The van der Waals surface area contributed by atoms with Crippen LogP contribution in [-0.2, 0) is 14.3 Å². The first-order chi connectivity index (χ1) is 15.5. The minimum absolute atomic E-state index is 0.0744. The van der Waals surface area contributed by atoms with Gasteiger partial charge in [0, 0.05) is 5.70 Å². The molecular weight excluding hydrogens is 413 g/mol. The van der Waals surface area contributed by atoms with Crippen LogP contribution in [0.15, 0.2) is 72.2 Å². The zero-order chi connectivity index (χ0) is 22.7. The number of nitrogens with zero attached hydrogens (tertiary/aromatic N) is 4. The Morgan fingerprint density at radius 1 is 1.12 bits per heavy atom. The summed E-state index contributed by atoms with van der Waals surface area (Å²) in [4.78, 5) is 31.6. The smallest absolute Gasteiger partial charge is 0.338 e. The Balaban J connectivity index is 1.73. The van der Waals surface area contributed by atoms with Crippen molar-refractivity contribution in [1.29, 1.82) is 0 Å². The fraction of sp³-hybridized carbons (Fsp3) is 0.217. The summed E-state index contributed by atoms with van der Waals surface area (Å²) in [6.07, 6.45) is 1.37. The summed E-state index contributed by atoms with van der Waals surface area (Å²) in [5, 5.41) is 6.89. The summed E-state index contributed by atoms with van der Waals surface area (Å²) in [6.45, 7) is 3.48. The van der Waals surface area contributed by atoms with E-state index < -0.39 is 23.7 Å². The normalized spacial score (nSPS) is 15.3. The summed E-state index contributed by atoms with van der Waals surface area (Å²) in [5.74, 6) is -1.11. The molecule has 1 aliphatic rings. The van der Waals surface area contributed by atoms with Crippen molar-refractivity contribution in [2.75, 3.05) is 23.4 Å². The van der Waals surface area contributed by atoms with Gasteiger partial charge in [0.25, 0.3) is 0 Å². The molecule has 0 saturated heterocycles. The number of anilines is 2. The predicted octanol–water partition coefficient (Wildman–Crippen LogP) is 3.30.